The minimum atomic E-state index is -2.09. The summed E-state index contributed by atoms with van der Waals surface area (Å²) in [4.78, 5) is 13.3. The maximum atomic E-state index is 8.65. The van der Waals surface area contributed by atoms with Crippen LogP contribution in [-0.4, -0.2) is 15.0 Å². The Morgan fingerprint density at radius 2 is 1.54 bits per heavy atom. The molecule has 4 aromatic heterocycles. The molecule has 8 aromatic rings. The van der Waals surface area contributed by atoms with Crippen LogP contribution >= 0.6 is 0 Å². The van der Waals surface area contributed by atoms with E-state index in [-0.39, 0.29) is 25.7 Å². The minimum Gasteiger partial charge on any atom is -0.486 e. The van der Waals surface area contributed by atoms with Crippen molar-refractivity contribution in [2.45, 2.75) is 13.2 Å². The van der Waals surface area contributed by atoms with Gasteiger partial charge in [-0.1, -0.05) is 89.8 Å². The van der Waals surface area contributed by atoms with Gasteiger partial charge < -0.3 is 14.4 Å². The van der Waals surface area contributed by atoms with Gasteiger partial charge >= 0.3 is 0 Å². The summed E-state index contributed by atoms with van der Waals surface area (Å²) in [5, 5.41) is 1.73. The molecule has 0 saturated carbocycles. The third-order valence-electron chi connectivity index (χ3n) is 7.22. The fraction of sp³-hybridized carbons (Fsp3) is 0.0488. The van der Waals surface area contributed by atoms with Crippen molar-refractivity contribution in [2.75, 3.05) is 0 Å². The minimum absolute atomic E-state index is 0. The number of pyridine rings is 3. The molecule has 225 valence electrons. The number of hydrogen-bond acceptors (Lipinski definition) is 4. The van der Waals surface area contributed by atoms with Crippen LogP contribution < -0.4 is 0 Å². The molecular weight excluding hydrogens is 743 g/mol. The zero-order valence-corrected chi connectivity index (χ0v) is 26.8. The smallest absolute Gasteiger partial charge is 0.216 e. The Kier molecular flexibility index (Phi) is 7.76. The van der Waals surface area contributed by atoms with Crippen LogP contribution in [0.4, 0.5) is 0 Å². The van der Waals surface area contributed by atoms with Crippen LogP contribution in [0.25, 0.3) is 55.7 Å². The Morgan fingerprint density at radius 3 is 2.30 bits per heavy atom. The van der Waals surface area contributed by atoms with E-state index in [0.29, 0.717) is 22.6 Å². The third-order valence-corrected chi connectivity index (χ3v) is 7.22. The second kappa shape index (κ2) is 14.3. The van der Waals surface area contributed by atoms with E-state index in [1.165, 1.54) is 6.20 Å². The summed E-state index contributed by atoms with van der Waals surface area (Å²) in [7, 11) is 0. The zero-order valence-electron chi connectivity index (χ0n) is 29.4. The van der Waals surface area contributed by atoms with Crippen molar-refractivity contribution >= 4 is 22.1 Å². The fourth-order valence-corrected chi connectivity index (χ4v) is 5.03. The number of furan rings is 1. The molecule has 0 unspecified atom stereocenters. The molecule has 5 heteroatoms. The van der Waals surface area contributed by atoms with Gasteiger partial charge in [-0.25, -0.2) is 4.98 Å². The molecule has 0 amide bonds. The van der Waals surface area contributed by atoms with Crippen LogP contribution in [0, 0.1) is 19.0 Å². The molecule has 4 aromatic carbocycles. The summed E-state index contributed by atoms with van der Waals surface area (Å²) in [5.74, 6) is 0. The number of nitrogens with zero attached hydrogens (tertiary/aromatic N) is 3. The molecule has 0 fully saturated rings. The molecule has 0 N–H and O–H groups in total. The van der Waals surface area contributed by atoms with Crippen LogP contribution in [0.5, 0.6) is 0 Å². The molecule has 46 heavy (non-hydrogen) atoms. The van der Waals surface area contributed by atoms with E-state index in [9.17, 15) is 0 Å². The van der Waals surface area contributed by atoms with E-state index >= 15 is 0 Å². The summed E-state index contributed by atoms with van der Waals surface area (Å²) in [6, 6.07) is 47.7. The normalized spacial score (nSPS) is 12.8. The monoisotopic (exact) mass is 777 g/mol. The molecule has 0 aliphatic rings. The molecular formula is C41H29IrN3O-2. The van der Waals surface area contributed by atoms with E-state index in [1.54, 1.807) is 42.6 Å². The fourth-order valence-electron chi connectivity index (χ4n) is 5.03. The quantitative estimate of drug-likeness (QED) is 0.163. The van der Waals surface area contributed by atoms with Crippen molar-refractivity contribution < 1.29 is 31.4 Å². The molecule has 4 heterocycles. The van der Waals surface area contributed by atoms with E-state index in [0.717, 1.165) is 44.4 Å². The molecule has 0 saturated heterocycles. The first kappa shape index (κ1) is 25.0. The van der Waals surface area contributed by atoms with Gasteiger partial charge in [-0.05, 0) is 58.7 Å². The predicted molar refractivity (Wildman–Crippen MR) is 182 cm³/mol. The first-order chi connectivity index (χ1) is 24.2. The Hall–Kier alpha value is -5.22. The van der Waals surface area contributed by atoms with Gasteiger partial charge in [0.2, 0.25) is 5.71 Å². The molecule has 0 aliphatic heterocycles. The van der Waals surface area contributed by atoms with Gasteiger partial charge in [-0.2, -0.15) is 0 Å². The van der Waals surface area contributed by atoms with Crippen molar-refractivity contribution in [3.63, 3.8) is 0 Å². The van der Waals surface area contributed by atoms with Crippen molar-refractivity contribution in [1.82, 2.24) is 15.0 Å². The van der Waals surface area contributed by atoms with E-state index in [1.807, 2.05) is 84.9 Å². The standard InChI is InChI=1S/C29H19N2O.C12H10N.Ir/c1-3-8-20(9-4-1)18-23-14-15-25-24-12-7-13-26(28(24)32-29(25)31-23)27-19-22(16-17-30-27)21-10-5-2-6-11-21;1-10-7-8-12(13-9-10)11-5-3-2-4-6-11;/h1-12,14-17,19H,18H2;2-5,7-9H,1H3;/q2*-1;/i18D2;1D3;. The number of rotatable bonds is 5. The maximum absolute atomic E-state index is 8.65. The SMILES string of the molecule is [2H]C([2H])([2H])c1ccc(-c2[c-]cccc2)nc1.[2H]C([2H])(c1ccccc1)c1ccc2c(n1)oc1c(-c3cc(-c4ccccc4)ccn3)[c-]ccc12.[Ir]. The van der Waals surface area contributed by atoms with Crippen LogP contribution in [0.2, 0.25) is 0 Å². The number of aryl methyl sites for hydroxylation is 1. The second-order valence-electron chi connectivity index (χ2n) is 10.2. The third kappa shape index (κ3) is 6.87. The summed E-state index contributed by atoms with van der Waals surface area (Å²) >= 11 is 0. The van der Waals surface area contributed by atoms with Crippen LogP contribution in [0.15, 0.2) is 150 Å². The molecule has 0 spiro atoms. The summed E-state index contributed by atoms with van der Waals surface area (Å²) in [6.45, 7) is -2.09. The van der Waals surface area contributed by atoms with Crippen molar-refractivity contribution in [2.24, 2.45) is 0 Å². The number of hydrogen-bond donors (Lipinski definition) is 0. The molecule has 8 rings (SSSR count). The topological polar surface area (TPSA) is 51.8 Å². The average Bonchev–Trinajstić information content (AvgIpc) is 3.54. The number of benzene rings is 4. The second-order valence-corrected chi connectivity index (χ2v) is 10.2. The van der Waals surface area contributed by atoms with Gasteiger partial charge in [-0.3, -0.25) is 0 Å². The number of fused-ring (bicyclic) bond motifs is 3. The van der Waals surface area contributed by atoms with Crippen LogP contribution in [0.1, 0.15) is 23.7 Å². The first-order valence-electron chi connectivity index (χ1n) is 16.9. The average molecular weight is 777 g/mol. The van der Waals surface area contributed by atoms with E-state index in [2.05, 4.69) is 39.2 Å². The summed E-state index contributed by atoms with van der Waals surface area (Å²) in [5.41, 5.74) is 7.41. The Balaban J connectivity index is 0.000000222. The summed E-state index contributed by atoms with van der Waals surface area (Å²) < 4.78 is 45.2. The van der Waals surface area contributed by atoms with Gasteiger partial charge in [0.25, 0.3) is 0 Å². The zero-order chi connectivity index (χ0) is 34.7. The van der Waals surface area contributed by atoms with Crippen LogP contribution in [0.3, 0.4) is 0 Å². The first-order valence-corrected chi connectivity index (χ1v) is 14.4. The van der Waals surface area contributed by atoms with Gasteiger partial charge in [-0.15, -0.1) is 54.1 Å². The summed E-state index contributed by atoms with van der Waals surface area (Å²) in [6.07, 6.45) is 1.44. The molecule has 0 bridgehead atoms. The Morgan fingerprint density at radius 1 is 0.717 bits per heavy atom. The molecule has 0 atom stereocenters. The molecule has 4 nitrogen and oxygen atoms in total. The Labute approximate surface area is 289 Å². The van der Waals surface area contributed by atoms with Crippen LogP contribution in [-0.2, 0) is 26.5 Å². The van der Waals surface area contributed by atoms with E-state index in [4.69, 9.17) is 11.3 Å². The predicted octanol–water partition coefficient (Wildman–Crippen LogP) is 9.96. The maximum Gasteiger partial charge on any atom is 0.216 e. The van der Waals surface area contributed by atoms with Gasteiger partial charge in [0.1, 0.15) is 0 Å². The van der Waals surface area contributed by atoms with Crippen molar-refractivity contribution in [3.8, 4) is 33.6 Å². The van der Waals surface area contributed by atoms with E-state index < -0.39 is 13.2 Å². The Bertz CT molecular complexity index is 2380. The largest absolute Gasteiger partial charge is 0.486 e. The van der Waals surface area contributed by atoms with Crippen molar-refractivity contribution in [1.29, 1.82) is 0 Å². The molecule has 0 aliphatic carbocycles. The van der Waals surface area contributed by atoms with Crippen molar-refractivity contribution in [3.05, 3.63) is 175 Å². The van der Waals surface area contributed by atoms with Gasteiger partial charge in [0, 0.05) is 56.8 Å². The number of aromatic nitrogens is 3. The van der Waals surface area contributed by atoms with Gasteiger partial charge in [0.05, 0.1) is 5.58 Å². The molecule has 1 radical (unpaired) electrons. The van der Waals surface area contributed by atoms with Gasteiger partial charge in [0.15, 0.2) is 0 Å².